The van der Waals surface area contributed by atoms with Crippen LogP contribution >= 0.6 is 0 Å². The largest absolute Gasteiger partial charge is 0.0959 e. The summed E-state index contributed by atoms with van der Waals surface area (Å²) in [7, 11) is 0. The second-order valence-electron chi connectivity index (χ2n) is 4.69. The van der Waals surface area contributed by atoms with E-state index in [1.807, 2.05) is 13.8 Å². The Labute approximate surface area is 121 Å². The predicted molar refractivity (Wildman–Crippen MR) is 75.3 cm³/mol. The van der Waals surface area contributed by atoms with Crippen LogP contribution in [0.2, 0.25) is 0 Å². The first kappa shape index (κ1) is 19.0. The van der Waals surface area contributed by atoms with Crippen molar-refractivity contribution < 1.29 is 20.1 Å². The zero-order valence-corrected chi connectivity index (χ0v) is 14.6. The monoisotopic (exact) mass is 410 g/mol. The van der Waals surface area contributed by atoms with Crippen molar-refractivity contribution in [2.45, 2.75) is 48.5 Å². The molecule has 1 aliphatic carbocycles. The average Bonchev–Trinajstić information content (AvgIpc) is 2.37. The molecule has 0 bridgehead atoms. The van der Waals surface area contributed by atoms with Crippen LogP contribution in [0.1, 0.15) is 48.5 Å². The number of hydrogen-bond donors (Lipinski definition) is 0. The van der Waals surface area contributed by atoms with E-state index in [0.717, 1.165) is 11.1 Å². The summed E-state index contributed by atoms with van der Waals surface area (Å²) in [6.45, 7) is 22.2. The van der Waals surface area contributed by atoms with Crippen LogP contribution in [0, 0.1) is 5.92 Å². The Hall–Kier alpha value is -0.391. The molecule has 0 amide bonds. The number of allylic oxidation sites excluding steroid dienone is 6. The van der Waals surface area contributed by atoms with E-state index in [1.165, 1.54) is 28.2 Å². The number of rotatable bonds is 1. The summed E-state index contributed by atoms with van der Waals surface area (Å²) in [6, 6.07) is 0. The van der Waals surface area contributed by atoms with Crippen molar-refractivity contribution >= 4 is 0 Å². The van der Waals surface area contributed by atoms with Gasteiger partial charge in [0, 0.05) is 26.0 Å². The van der Waals surface area contributed by atoms with Crippen LogP contribution < -0.4 is 0 Å². The van der Waals surface area contributed by atoms with Gasteiger partial charge in [0.2, 0.25) is 0 Å². The molecule has 0 spiro atoms. The summed E-state index contributed by atoms with van der Waals surface area (Å²) in [4.78, 5) is 0. The standard InChI is InChI=1S/C10H15.C6H10.Ir/c1-6-7(2)9(4)10(5)8(6)3;1-5(2)6(3)4;/h1-5H3;1,3H2,2,4H3;. The van der Waals surface area contributed by atoms with Gasteiger partial charge >= 0.3 is 0 Å². The summed E-state index contributed by atoms with van der Waals surface area (Å²) < 4.78 is 0. The molecular weight excluding hydrogens is 384 g/mol. The van der Waals surface area contributed by atoms with Crippen LogP contribution in [0.4, 0.5) is 0 Å². The van der Waals surface area contributed by atoms with Gasteiger partial charge in [-0.1, -0.05) is 42.4 Å². The molecule has 2 radical (unpaired) electrons. The van der Waals surface area contributed by atoms with Crippen LogP contribution in [0.15, 0.2) is 46.6 Å². The summed E-state index contributed by atoms with van der Waals surface area (Å²) in [5, 5.41) is 0. The fraction of sp³-hybridized carbons (Fsp3) is 0.438. The second-order valence-corrected chi connectivity index (χ2v) is 4.69. The molecule has 0 aromatic carbocycles. The molecule has 1 aliphatic rings. The smallest absolute Gasteiger partial charge is 0.0226 e. The Morgan fingerprint density at radius 1 is 0.647 bits per heavy atom. The van der Waals surface area contributed by atoms with Gasteiger partial charge in [-0.05, 0) is 52.7 Å². The summed E-state index contributed by atoms with van der Waals surface area (Å²) in [5.74, 6) is 1.47. The number of hydrogen-bond acceptors (Lipinski definition) is 0. The Bertz CT molecular complexity index is 331. The molecule has 0 saturated heterocycles. The first-order valence-electron chi connectivity index (χ1n) is 5.71. The molecule has 17 heavy (non-hydrogen) atoms. The fourth-order valence-corrected chi connectivity index (χ4v) is 1.41. The minimum atomic E-state index is 0. The molecule has 1 rings (SSSR count). The van der Waals surface area contributed by atoms with Gasteiger partial charge in [0.15, 0.2) is 0 Å². The van der Waals surface area contributed by atoms with Gasteiger partial charge in [0.1, 0.15) is 0 Å². The van der Waals surface area contributed by atoms with Gasteiger partial charge in [-0.2, -0.15) is 0 Å². The summed E-state index contributed by atoms with van der Waals surface area (Å²) in [6.07, 6.45) is 0. The van der Waals surface area contributed by atoms with Crippen molar-refractivity contribution in [1.29, 1.82) is 0 Å². The summed E-state index contributed by atoms with van der Waals surface area (Å²) >= 11 is 0. The molecule has 98 valence electrons. The van der Waals surface area contributed by atoms with Gasteiger partial charge in [-0.3, -0.25) is 0 Å². The molecule has 0 N–H and O–H groups in total. The molecule has 0 atom stereocenters. The van der Waals surface area contributed by atoms with Gasteiger partial charge in [-0.25, -0.2) is 0 Å². The molecular formula is C16H25Ir. The van der Waals surface area contributed by atoms with Crippen molar-refractivity contribution in [3.63, 3.8) is 0 Å². The molecule has 0 aromatic heterocycles. The third-order valence-electron chi connectivity index (χ3n) is 3.54. The van der Waals surface area contributed by atoms with Crippen molar-refractivity contribution in [2.24, 2.45) is 0 Å². The van der Waals surface area contributed by atoms with E-state index in [-0.39, 0.29) is 20.1 Å². The molecule has 1 heteroatoms. The van der Waals surface area contributed by atoms with E-state index < -0.39 is 0 Å². The summed E-state index contributed by atoms with van der Waals surface area (Å²) in [5.41, 5.74) is 8.00. The molecule has 0 aromatic rings. The van der Waals surface area contributed by atoms with Crippen LogP contribution in [0.25, 0.3) is 0 Å². The zero-order chi connectivity index (χ0) is 13.0. The van der Waals surface area contributed by atoms with Crippen molar-refractivity contribution in [3.05, 3.63) is 52.5 Å². The third-order valence-corrected chi connectivity index (χ3v) is 3.54. The Morgan fingerprint density at radius 3 is 0.941 bits per heavy atom. The van der Waals surface area contributed by atoms with Gasteiger partial charge < -0.3 is 0 Å². The quantitative estimate of drug-likeness (QED) is 0.509. The van der Waals surface area contributed by atoms with Gasteiger partial charge in [0.25, 0.3) is 0 Å². The van der Waals surface area contributed by atoms with Crippen molar-refractivity contribution in [1.82, 2.24) is 0 Å². The minimum Gasteiger partial charge on any atom is -0.0959 e. The maximum absolute atomic E-state index is 3.66. The van der Waals surface area contributed by atoms with Crippen LogP contribution in [0.5, 0.6) is 0 Å². The predicted octanol–water partition coefficient (Wildman–Crippen LogP) is 5.40. The fourth-order valence-electron chi connectivity index (χ4n) is 1.41. The van der Waals surface area contributed by atoms with E-state index in [2.05, 4.69) is 47.8 Å². The second kappa shape index (κ2) is 7.84. The van der Waals surface area contributed by atoms with Crippen LogP contribution in [0.3, 0.4) is 0 Å². The first-order valence-corrected chi connectivity index (χ1v) is 5.71. The van der Waals surface area contributed by atoms with Crippen molar-refractivity contribution in [3.8, 4) is 0 Å². The molecule has 0 heterocycles. The van der Waals surface area contributed by atoms with Crippen molar-refractivity contribution in [2.75, 3.05) is 0 Å². The van der Waals surface area contributed by atoms with E-state index in [9.17, 15) is 0 Å². The minimum absolute atomic E-state index is 0. The van der Waals surface area contributed by atoms with E-state index >= 15 is 0 Å². The Balaban J connectivity index is 0. The molecule has 0 unspecified atom stereocenters. The SMILES string of the molecule is C=C(C)C(=C)C.C[C]1C(C)=C(C)C(C)=C1C.[Ir]. The van der Waals surface area contributed by atoms with E-state index in [0.29, 0.717) is 0 Å². The first-order chi connectivity index (χ1) is 7.20. The molecule has 0 fully saturated rings. The maximum Gasteiger partial charge on any atom is 0.0226 e. The van der Waals surface area contributed by atoms with Crippen LogP contribution in [-0.2, 0) is 20.1 Å². The molecule has 0 nitrogen and oxygen atoms in total. The maximum atomic E-state index is 3.66. The zero-order valence-electron chi connectivity index (χ0n) is 12.2. The molecule has 0 saturated carbocycles. The average molecular weight is 410 g/mol. The van der Waals surface area contributed by atoms with Gasteiger partial charge in [0.05, 0.1) is 0 Å². The van der Waals surface area contributed by atoms with E-state index in [4.69, 9.17) is 0 Å². The Kier molecular flexibility index (Phi) is 8.75. The van der Waals surface area contributed by atoms with Gasteiger partial charge in [-0.15, -0.1) is 0 Å². The third kappa shape index (κ3) is 5.19. The molecule has 0 aliphatic heterocycles. The topological polar surface area (TPSA) is 0 Å². The normalized spacial score (nSPS) is 15.2. The van der Waals surface area contributed by atoms with Crippen LogP contribution in [-0.4, -0.2) is 0 Å². The van der Waals surface area contributed by atoms with E-state index in [1.54, 1.807) is 0 Å². The Morgan fingerprint density at radius 2 is 0.882 bits per heavy atom.